The van der Waals surface area contributed by atoms with Crippen LogP contribution in [0.5, 0.6) is 0 Å². The minimum atomic E-state index is -1.63. The van der Waals surface area contributed by atoms with Crippen molar-refractivity contribution in [3.05, 3.63) is 163 Å². The monoisotopic (exact) mass is 685 g/mol. The predicted molar refractivity (Wildman–Crippen MR) is 217 cm³/mol. The first kappa shape index (κ1) is 30.9. The maximum Gasteiger partial charge on any atom is 0.342 e. The minimum Gasteiger partial charge on any atom is -0.404 e. The van der Waals surface area contributed by atoms with Crippen LogP contribution in [-0.2, 0) is 0 Å². The van der Waals surface area contributed by atoms with E-state index >= 15 is 0 Å². The molecule has 1 aromatic heterocycles. The Balaban J connectivity index is 1.38. The average molecular weight is 686 g/mol. The number of para-hydroxylation sites is 1. The summed E-state index contributed by atoms with van der Waals surface area (Å²) >= 11 is 0. The van der Waals surface area contributed by atoms with Crippen LogP contribution in [0.15, 0.2) is 166 Å². The third-order valence-electron chi connectivity index (χ3n) is 9.77. The van der Waals surface area contributed by atoms with Crippen LogP contribution < -0.4 is 20.6 Å². The van der Waals surface area contributed by atoms with Gasteiger partial charge in [0.05, 0.1) is 11.7 Å². The topological polar surface area (TPSA) is 29.5 Å². The minimum absolute atomic E-state index is 0.115. The number of benzene rings is 7. The molecule has 0 spiro atoms. The molecule has 3 nitrogen and oxygen atoms in total. The smallest absolute Gasteiger partial charge is 0.342 e. The predicted octanol–water partition coefficient (Wildman–Crippen LogP) is 12.2. The number of rotatable bonds is 7. The van der Waals surface area contributed by atoms with E-state index in [2.05, 4.69) is 175 Å². The van der Waals surface area contributed by atoms with Gasteiger partial charge in [0.2, 0.25) is 0 Å². The van der Waals surface area contributed by atoms with E-state index in [1.165, 1.54) is 48.7 Å². The molecule has 1 aliphatic rings. The van der Waals surface area contributed by atoms with Crippen LogP contribution >= 0.6 is 16.1 Å². The van der Waals surface area contributed by atoms with Gasteiger partial charge in [-0.25, -0.2) is 0 Å². The maximum absolute atomic E-state index is 7.29. The lowest BCUT2D eigenvalue weighted by atomic mass is 9.99. The Morgan fingerprint density at radius 1 is 0.600 bits per heavy atom. The van der Waals surface area contributed by atoms with E-state index in [1.54, 1.807) is 0 Å². The van der Waals surface area contributed by atoms with E-state index < -0.39 is 16.1 Å². The molecule has 1 aliphatic heterocycles. The molecule has 50 heavy (non-hydrogen) atoms. The fraction of sp³-hybridized carbons (Fsp3) is 0.111. The standard InChI is InChI=1S/C45H37NO2P2/c1-2-3-18-35-29-26-34-17-14-25-42(49(36-19-6-4-7-20-36)37-21-8-5-9-22-37)45(34)46(35)50-47-40-30-27-32-15-10-12-23-38(32)43(40)44-39-24-13-11-16-33(39)28-31-41(44)48-50/h4-17,19-31,35H,2-3,18H2,1H3/t35-/m1/s1. The Labute approximate surface area is 294 Å². The molecule has 0 N–H and O–H groups in total. The van der Waals surface area contributed by atoms with E-state index in [-0.39, 0.29) is 6.04 Å². The molecule has 0 radical (unpaired) electrons. The zero-order chi connectivity index (χ0) is 33.4. The second-order valence-electron chi connectivity index (χ2n) is 12.9. The number of anilines is 1. The van der Waals surface area contributed by atoms with Gasteiger partial charge in [0.25, 0.3) is 0 Å². The highest BCUT2D eigenvalue weighted by Crippen LogP contribution is 2.50. The van der Waals surface area contributed by atoms with E-state index in [0.29, 0.717) is 0 Å². The lowest BCUT2D eigenvalue weighted by Crippen LogP contribution is -2.35. The second kappa shape index (κ2) is 13.3. The molecule has 5 heteroatoms. The van der Waals surface area contributed by atoms with Crippen molar-refractivity contribution >= 4 is 87.2 Å². The fourth-order valence-electron chi connectivity index (χ4n) is 7.44. The number of nitrogens with zero attached hydrogens (tertiary/aromatic N) is 1. The van der Waals surface area contributed by atoms with Crippen molar-refractivity contribution in [2.75, 3.05) is 4.67 Å². The van der Waals surface area contributed by atoms with Crippen molar-refractivity contribution < 1.29 is 8.39 Å². The summed E-state index contributed by atoms with van der Waals surface area (Å²) in [6, 6.07) is 54.8. The highest BCUT2D eigenvalue weighted by molar-refractivity contribution is 7.80. The SMILES string of the molecule is CCCC[C@@H]1C=Cc2cccc(P(c3ccccc3)c3ccccc3)c2N1p1oc2ccc3ccccc3c2c2c(ccc3ccccc32)o1. The van der Waals surface area contributed by atoms with Crippen LogP contribution in [0.25, 0.3) is 49.6 Å². The van der Waals surface area contributed by atoms with Gasteiger partial charge in [-0.05, 0) is 64.2 Å². The molecule has 8 aromatic rings. The number of fused-ring (bicyclic) bond motifs is 8. The van der Waals surface area contributed by atoms with Crippen molar-refractivity contribution in [3.63, 3.8) is 0 Å². The Morgan fingerprint density at radius 3 is 1.74 bits per heavy atom. The van der Waals surface area contributed by atoms with Crippen molar-refractivity contribution in [2.24, 2.45) is 0 Å². The molecule has 1 atom stereocenters. The van der Waals surface area contributed by atoms with Crippen LogP contribution in [0.3, 0.4) is 0 Å². The van der Waals surface area contributed by atoms with Crippen LogP contribution in [-0.4, -0.2) is 6.04 Å². The lowest BCUT2D eigenvalue weighted by molar-refractivity contribution is 0.601. The third kappa shape index (κ3) is 5.43. The Hall–Kier alpha value is -5.07. The number of hydrogen-bond donors (Lipinski definition) is 0. The summed E-state index contributed by atoms with van der Waals surface area (Å²) in [5, 5.41) is 10.9. The Kier molecular flexibility index (Phi) is 8.25. The summed E-state index contributed by atoms with van der Waals surface area (Å²) < 4.78 is 17.1. The van der Waals surface area contributed by atoms with E-state index in [1.807, 2.05) is 0 Å². The van der Waals surface area contributed by atoms with E-state index in [0.717, 1.165) is 41.2 Å². The quantitative estimate of drug-likeness (QED) is 0.156. The molecule has 7 aromatic carbocycles. The molecule has 0 saturated carbocycles. The summed E-state index contributed by atoms with van der Waals surface area (Å²) in [5.41, 5.74) is 4.14. The fourth-order valence-corrected chi connectivity index (χ4v) is 11.7. The molecule has 0 unspecified atom stereocenters. The summed E-state index contributed by atoms with van der Waals surface area (Å²) in [7, 11) is -2.50. The first-order chi connectivity index (χ1) is 24.8. The molecule has 0 amide bonds. The highest BCUT2D eigenvalue weighted by Gasteiger charge is 2.33. The number of hydrogen-bond acceptors (Lipinski definition) is 3. The van der Waals surface area contributed by atoms with Gasteiger partial charge in [0.1, 0.15) is 11.2 Å². The first-order valence-electron chi connectivity index (χ1n) is 17.5. The van der Waals surface area contributed by atoms with Gasteiger partial charge in [-0.15, -0.1) is 0 Å². The van der Waals surface area contributed by atoms with Crippen molar-refractivity contribution in [1.82, 2.24) is 0 Å². The normalized spacial score (nSPS) is 14.2. The van der Waals surface area contributed by atoms with Gasteiger partial charge in [-0.3, -0.25) is 4.67 Å². The molecule has 244 valence electrons. The second-order valence-corrected chi connectivity index (χ2v) is 16.3. The third-order valence-corrected chi connectivity index (χ3v) is 13.8. The van der Waals surface area contributed by atoms with Gasteiger partial charge >= 0.3 is 8.16 Å². The largest absolute Gasteiger partial charge is 0.404 e. The lowest BCUT2D eigenvalue weighted by Gasteiger charge is -2.36. The zero-order valence-corrected chi connectivity index (χ0v) is 29.7. The molecule has 0 fully saturated rings. The maximum atomic E-state index is 7.29. The molecule has 2 heterocycles. The van der Waals surface area contributed by atoms with Gasteiger partial charge in [0, 0.05) is 16.1 Å². The first-order valence-corrected chi connectivity index (χ1v) is 20.0. The summed E-state index contributed by atoms with van der Waals surface area (Å²) in [5.74, 6) is 0. The summed E-state index contributed by atoms with van der Waals surface area (Å²) in [4.78, 5) is 0. The van der Waals surface area contributed by atoms with Crippen LogP contribution in [0.4, 0.5) is 5.69 Å². The highest BCUT2D eigenvalue weighted by atomic mass is 31.1. The summed E-state index contributed by atoms with van der Waals surface area (Å²) in [6.07, 6.45) is 7.94. The average Bonchev–Trinajstić information content (AvgIpc) is 3.35. The van der Waals surface area contributed by atoms with Crippen molar-refractivity contribution in [1.29, 1.82) is 0 Å². The molecule has 0 bridgehead atoms. The van der Waals surface area contributed by atoms with Crippen LogP contribution in [0.2, 0.25) is 0 Å². The molecule has 0 saturated heterocycles. The van der Waals surface area contributed by atoms with E-state index in [4.69, 9.17) is 8.39 Å². The molecule has 9 rings (SSSR count). The van der Waals surface area contributed by atoms with Crippen LogP contribution in [0.1, 0.15) is 31.7 Å². The summed E-state index contributed by atoms with van der Waals surface area (Å²) in [6.45, 7) is 2.27. The van der Waals surface area contributed by atoms with Gasteiger partial charge in [-0.2, -0.15) is 0 Å². The van der Waals surface area contributed by atoms with Crippen molar-refractivity contribution in [2.45, 2.75) is 32.2 Å². The molecule has 0 aliphatic carbocycles. The Morgan fingerprint density at radius 2 is 1.16 bits per heavy atom. The van der Waals surface area contributed by atoms with Gasteiger partial charge < -0.3 is 8.39 Å². The molecular weight excluding hydrogens is 648 g/mol. The van der Waals surface area contributed by atoms with Gasteiger partial charge in [-0.1, -0.05) is 171 Å². The Bertz CT molecular complexity index is 2420. The zero-order valence-electron chi connectivity index (χ0n) is 27.9. The number of unbranched alkanes of at least 4 members (excludes halogenated alkanes) is 1. The van der Waals surface area contributed by atoms with Crippen molar-refractivity contribution in [3.8, 4) is 0 Å². The molecular formula is C45H37NO2P2. The van der Waals surface area contributed by atoms with Crippen LogP contribution in [0, 0.1) is 0 Å². The van der Waals surface area contributed by atoms with E-state index in [9.17, 15) is 0 Å². The van der Waals surface area contributed by atoms with Gasteiger partial charge in [0.15, 0.2) is 0 Å².